The fourth-order valence-corrected chi connectivity index (χ4v) is 2.53. The number of likely N-dealkylation sites (N-methyl/N-ethyl adjacent to an activating group) is 1. The normalized spacial score (nSPS) is 17.9. The molecule has 1 N–H and O–H groups in total. The van der Waals surface area contributed by atoms with E-state index in [0.29, 0.717) is 19.7 Å². The maximum absolute atomic E-state index is 12.6. The molecule has 0 aromatic heterocycles. The standard InChI is InChI=1S/C15H22N2O2/c1-3-17(10-11-19-2)15(18)14-13-7-5-4-6-12(13)8-9-16-14/h4-7,14,16H,3,8-11H2,1-2H3. The molecule has 0 spiro atoms. The van der Waals surface area contributed by atoms with E-state index in [1.54, 1.807) is 7.11 Å². The van der Waals surface area contributed by atoms with Gasteiger partial charge in [0.1, 0.15) is 6.04 Å². The number of ether oxygens (including phenoxy) is 1. The molecule has 0 saturated carbocycles. The zero-order valence-electron chi connectivity index (χ0n) is 11.7. The first-order chi connectivity index (χ1) is 9.27. The predicted octanol–water partition coefficient (Wildman–Crippen LogP) is 1.37. The highest BCUT2D eigenvalue weighted by molar-refractivity contribution is 5.84. The average molecular weight is 262 g/mol. The monoisotopic (exact) mass is 262 g/mol. The molecule has 0 saturated heterocycles. The number of amides is 1. The Morgan fingerprint density at radius 1 is 1.47 bits per heavy atom. The lowest BCUT2D eigenvalue weighted by atomic mass is 9.93. The summed E-state index contributed by atoms with van der Waals surface area (Å²) in [4.78, 5) is 14.5. The topological polar surface area (TPSA) is 41.6 Å². The van der Waals surface area contributed by atoms with Crippen molar-refractivity contribution in [2.45, 2.75) is 19.4 Å². The molecule has 0 bridgehead atoms. The first-order valence-electron chi connectivity index (χ1n) is 6.86. The van der Waals surface area contributed by atoms with Crippen LogP contribution in [0, 0.1) is 0 Å². The molecule has 4 heteroatoms. The number of nitrogens with zero attached hydrogens (tertiary/aromatic N) is 1. The lowest BCUT2D eigenvalue weighted by Gasteiger charge is -2.31. The van der Waals surface area contributed by atoms with Crippen LogP contribution in [0.1, 0.15) is 24.1 Å². The fourth-order valence-electron chi connectivity index (χ4n) is 2.53. The van der Waals surface area contributed by atoms with Gasteiger partial charge in [0, 0.05) is 26.7 Å². The Labute approximate surface area is 114 Å². The van der Waals surface area contributed by atoms with E-state index in [0.717, 1.165) is 18.5 Å². The zero-order valence-corrected chi connectivity index (χ0v) is 11.7. The van der Waals surface area contributed by atoms with E-state index in [1.165, 1.54) is 5.56 Å². The number of carbonyl (C=O) groups excluding carboxylic acids is 1. The number of hydrogen-bond acceptors (Lipinski definition) is 3. The predicted molar refractivity (Wildman–Crippen MR) is 75.0 cm³/mol. The van der Waals surface area contributed by atoms with E-state index in [9.17, 15) is 4.79 Å². The van der Waals surface area contributed by atoms with Crippen molar-refractivity contribution in [2.75, 3.05) is 33.4 Å². The highest BCUT2D eigenvalue weighted by atomic mass is 16.5. The second-order valence-electron chi connectivity index (χ2n) is 4.75. The molecule has 0 aliphatic carbocycles. The highest BCUT2D eigenvalue weighted by Crippen LogP contribution is 2.24. The van der Waals surface area contributed by atoms with Crippen LogP contribution in [-0.2, 0) is 16.0 Å². The maximum atomic E-state index is 12.6. The van der Waals surface area contributed by atoms with Gasteiger partial charge in [0.2, 0.25) is 5.91 Å². The molecular formula is C15H22N2O2. The van der Waals surface area contributed by atoms with Crippen molar-refractivity contribution < 1.29 is 9.53 Å². The Morgan fingerprint density at radius 3 is 3.00 bits per heavy atom. The van der Waals surface area contributed by atoms with Gasteiger partial charge in [-0.2, -0.15) is 0 Å². The minimum atomic E-state index is -0.207. The highest BCUT2D eigenvalue weighted by Gasteiger charge is 2.28. The summed E-state index contributed by atoms with van der Waals surface area (Å²) in [6, 6.07) is 7.99. The lowest BCUT2D eigenvalue weighted by molar-refractivity contribution is -0.134. The van der Waals surface area contributed by atoms with Crippen LogP contribution < -0.4 is 5.32 Å². The molecule has 1 aromatic rings. The Balaban J connectivity index is 2.15. The summed E-state index contributed by atoms with van der Waals surface area (Å²) in [5.41, 5.74) is 2.40. The molecule has 1 aliphatic rings. The van der Waals surface area contributed by atoms with Crippen LogP contribution in [0.15, 0.2) is 24.3 Å². The first kappa shape index (κ1) is 14.0. The summed E-state index contributed by atoms with van der Waals surface area (Å²) in [6.07, 6.45) is 0.990. The number of fused-ring (bicyclic) bond motifs is 1. The van der Waals surface area contributed by atoms with Crippen molar-refractivity contribution in [1.82, 2.24) is 10.2 Å². The number of carbonyl (C=O) groups is 1. The molecule has 104 valence electrons. The molecule has 0 fully saturated rings. The number of rotatable bonds is 5. The van der Waals surface area contributed by atoms with Crippen molar-refractivity contribution in [3.05, 3.63) is 35.4 Å². The summed E-state index contributed by atoms with van der Waals surface area (Å²) in [5, 5.41) is 3.33. The van der Waals surface area contributed by atoms with Gasteiger partial charge in [-0.05, 0) is 24.5 Å². The quantitative estimate of drug-likeness (QED) is 0.871. The largest absolute Gasteiger partial charge is 0.383 e. The van der Waals surface area contributed by atoms with Crippen LogP contribution in [-0.4, -0.2) is 44.2 Å². The maximum Gasteiger partial charge on any atom is 0.244 e. The van der Waals surface area contributed by atoms with E-state index in [4.69, 9.17) is 4.74 Å². The molecule has 1 unspecified atom stereocenters. The molecule has 1 atom stereocenters. The molecule has 2 rings (SSSR count). The van der Waals surface area contributed by atoms with Gasteiger partial charge in [0.15, 0.2) is 0 Å². The van der Waals surface area contributed by atoms with Crippen LogP contribution in [0.4, 0.5) is 0 Å². The number of benzene rings is 1. The van der Waals surface area contributed by atoms with Crippen molar-refractivity contribution >= 4 is 5.91 Å². The van der Waals surface area contributed by atoms with Gasteiger partial charge in [-0.25, -0.2) is 0 Å². The summed E-state index contributed by atoms with van der Waals surface area (Å²) < 4.78 is 5.07. The lowest BCUT2D eigenvalue weighted by Crippen LogP contribution is -2.44. The minimum Gasteiger partial charge on any atom is -0.383 e. The molecule has 1 heterocycles. The van der Waals surface area contributed by atoms with Gasteiger partial charge < -0.3 is 15.0 Å². The molecule has 4 nitrogen and oxygen atoms in total. The van der Waals surface area contributed by atoms with Crippen LogP contribution in [0.2, 0.25) is 0 Å². The van der Waals surface area contributed by atoms with E-state index in [2.05, 4.69) is 11.4 Å². The third-order valence-corrected chi connectivity index (χ3v) is 3.61. The van der Waals surface area contributed by atoms with Gasteiger partial charge in [0.25, 0.3) is 0 Å². The zero-order chi connectivity index (χ0) is 13.7. The Bertz CT molecular complexity index is 434. The third-order valence-electron chi connectivity index (χ3n) is 3.61. The third kappa shape index (κ3) is 3.14. The van der Waals surface area contributed by atoms with E-state index >= 15 is 0 Å². The van der Waals surface area contributed by atoms with Crippen molar-refractivity contribution in [1.29, 1.82) is 0 Å². The van der Waals surface area contributed by atoms with Gasteiger partial charge >= 0.3 is 0 Å². The molecule has 1 amide bonds. The van der Waals surface area contributed by atoms with Crippen molar-refractivity contribution in [3.8, 4) is 0 Å². The Hall–Kier alpha value is -1.39. The number of nitrogens with one attached hydrogen (secondary N) is 1. The van der Waals surface area contributed by atoms with Gasteiger partial charge in [-0.3, -0.25) is 4.79 Å². The number of hydrogen-bond donors (Lipinski definition) is 1. The van der Waals surface area contributed by atoms with Gasteiger partial charge in [0.05, 0.1) is 6.61 Å². The molecule has 0 radical (unpaired) electrons. The van der Waals surface area contributed by atoms with E-state index in [-0.39, 0.29) is 11.9 Å². The summed E-state index contributed by atoms with van der Waals surface area (Å²) in [5.74, 6) is 0.145. The average Bonchev–Trinajstić information content (AvgIpc) is 2.47. The smallest absolute Gasteiger partial charge is 0.244 e. The van der Waals surface area contributed by atoms with Gasteiger partial charge in [-0.15, -0.1) is 0 Å². The summed E-state index contributed by atoms with van der Waals surface area (Å²) in [6.45, 7) is 4.79. The van der Waals surface area contributed by atoms with Crippen molar-refractivity contribution in [2.24, 2.45) is 0 Å². The second-order valence-corrected chi connectivity index (χ2v) is 4.75. The molecular weight excluding hydrogens is 240 g/mol. The minimum absolute atomic E-state index is 0.145. The molecule has 19 heavy (non-hydrogen) atoms. The van der Waals surface area contributed by atoms with E-state index in [1.807, 2.05) is 30.0 Å². The first-order valence-corrected chi connectivity index (χ1v) is 6.86. The van der Waals surface area contributed by atoms with Crippen LogP contribution >= 0.6 is 0 Å². The van der Waals surface area contributed by atoms with Crippen molar-refractivity contribution in [3.63, 3.8) is 0 Å². The van der Waals surface area contributed by atoms with E-state index < -0.39 is 0 Å². The van der Waals surface area contributed by atoms with Crippen LogP contribution in [0.3, 0.4) is 0 Å². The molecule has 1 aromatic carbocycles. The fraction of sp³-hybridized carbons (Fsp3) is 0.533. The SMILES string of the molecule is CCN(CCOC)C(=O)C1NCCc2ccccc21. The summed E-state index contributed by atoms with van der Waals surface area (Å²) in [7, 11) is 1.66. The van der Waals surface area contributed by atoms with Gasteiger partial charge in [-0.1, -0.05) is 24.3 Å². The Morgan fingerprint density at radius 2 is 2.26 bits per heavy atom. The second kappa shape index (κ2) is 6.68. The van der Waals surface area contributed by atoms with Crippen LogP contribution in [0.5, 0.6) is 0 Å². The summed E-state index contributed by atoms with van der Waals surface area (Å²) >= 11 is 0. The van der Waals surface area contributed by atoms with Crippen LogP contribution in [0.25, 0.3) is 0 Å². The molecule has 1 aliphatic heterocycles. The Kier molecular flexibility index (Phi) is 4.93. The number of methoxy groups -OCH3 is 1.